The van der Waals surface area contributed by atoms with Gasteiger partial charge >= 0.3 is 0 Å². The van der Waals surface area contributed by atoms with Gasteiger partial charge in [-0.2, -0.15) is 0 Å². The highest BCUT2D eigenvalue weighted by Gasteiger charge is 2.43. The van der Waals surface area contributed by atoms with Crippen molar-refractivity contribution in [2.45, 2.75) is 12.5 Å². The number of aromatic nitrogens is 1. The Morgan fingerprint density at radius 2 is 1.79 bits per heavy atom. The van der Waals surface area contributed by atoms with Crippen molar-refractivity contribution in [2.24, 2.45) is 0 Å². The quantitative estimate of drug-likeness (QED) is 0.742. The van der Waals surface area contributed by atoms with E-state index in [1.54, 1.807) is 24.4 Å². The molecule has 2 amide bonds. The second-order valence-corrected chi connectivity index (χ2v) is 7.04. The Hall–Kier alpha value is -3.13. The maximum absolute atomic E-state index is 13.0. The van der Waals surface area contributed by atoms with E-state index in [9.17, 15) is 9.59 Å². The molecule has 8 nitrogen and oxygen atoms in total. The van der Waals surface area contributed by atoms with Gasteiger partial charge in [0.15, 0.2) is 11.5 Å². The Balaban J connectivity index is 1.29. The number of pyridine rings is 1. The molecule has 1 aromatic heterocycles. The molecule has 2 aromatic rings. The Bertz CT molecular complexity index is 912. The van der Waals surface area contributed by atoms with Crippen molar-refractivity contribution >= 4 is 23.3 Å². The number of imide groups is 1. The summed E-state index contributed by atoms with van der Waals surface area (Å²) in [5, 5.41) is 0. The van der Waals surface area contributed by atoms with Crippen molar-refractivity contribution in [3.05, 3.63) is 42.6 Å². The molecule has 1 atom stereocenters. The van der Waals surface area contributed by atoms with E-state index in [2.05, 4.69) is 14.8 Å². The minimum absolute atomic E-state index is 0.157. The Kier molecular flexibility index (Phi) is 4.12. The van der Waals surface area contributed by atoms with Crippen molar-refractivity contribution < 1.29 is 19.1 Å². The molecule has 0 bridgehead atoms. The normalized spacial score (nSPS) is 22.2. The average Bonchev–Trinajstić information content (AvgIpc) is 3.32. The molecule has 0 spiro atoms. The molecule has 8 heteroatoms. The molecular formula is C20H20N4O4. The highest BCUT2D eigenvalue weighted by atomic mass is 16.7. The number of piperazine rings is 1. The molecule has 2 saturated heterocycles. The van der Waals surface area contributed by atoms with Gasteiger partial charge in [0.05, 0.1) is 18.2 Å². The van der Waals surface area contributed by atoms with Gasteiger partial charge in [0.25, 0.3) is 5.91 Å². The van der Waals surface area contributed by atoms with E-state index in [1.165, 1.54) is 4.90 Å². The number of ether oxygens (including phenoxy) is 2. The van der Waals surface area contributed by atoms with Crippen LogP contribution in [0.25, 0.3) is 0 Å². The highest BCUT2D eigenvalue weighted by Crippen LogP contribution is 2.37. The van der Waals surface area contributed by atoms with Gasteiger partial charge in [-0.3, -0.25) is 14.5 Å². The summed E-state index contributed by atoms with van der Waals surface area (Å²) in [4.78, 5) is 35.6. The SMILES string of the molecule is O=C1C[C@H](N2CCN(c3ccccn3)CC2)C(=O)N1c1ccc2c(c1)OCO2. The summed E-state index contributed by atoms with van der Waals surface area (Å²) in [5.41, 5.74) is 0.536. The molecule has 3 aliphatic rings. The van der Waals surface area contributed by atoms with Crippen LogP contribution in [-0.4, -0.2) is 60.7 Å². The van der Waals surface area contributed by atoms with Gasteiger partial charge in [-0.1, -0.05) is 6.07 Å². The summed E-state index contributed by atoms with van der Waals surface area (Å²) in [6.07, 6.45) is 1.99. The predicted molar refractivity (Wildman–Crippen MR) is 101 cm³/mol. The minimum atomic E-state index is -0.413. The zero-order chi connectivity index (χ0) is 19.1. The van der Waals surface area contributed by atoms with Gasteiger partial charge in [0.1, 0.15) is 5.82 Å². The third-order valence-corrected chi connectivity index (χ3v) is 5.47. The summed E-state index contributed by atoms with van der Waals surface area (Å²) in [7, 11) is 0. The van der Waals surface area contributed by atoms with Crippen LogP contribution >= 0.6 is 0 Å². The molecule has 0 aliphatic carbocycles. The van der Waals surface area contributed by atoms with Crippen LogP contribution in [0.1, 0.15) is 6.42 Å². The summed E-state index contributed by atoms with van der Waals surface area (Å²) < 4.78 is 10.7. The fourth-order valence-electron chi connectivity index (χ4n) is 4.00. The number of fused-ring (bicyclic) bond motifs is 1. The van der Waals surface area contributed by atoms with Gasteiger partial charge in [-0.15, -0.1) is 0 Å². The second kappa shape index (κ2) is 6.79. The van der Waals surface area contributed by atoms with Crippen LogP contribution in [-0.2, 0) is 9.59 Å². The van der Waals surface area contributed by atoms with Gasteiger partial charge in [0, 0.05) is 38.4 Å². The van der Waals surface area contributed by atoms with E-state index in [0.717, 1.165) is 32.0 Å². The first-order valence-electron chi connectivity index (χ1n) is 9.37. The maximum Gasteiger partial charge on any atom is 0.251 e. The van der Waals surface area contributed by atoms with Gasteiger partial charge in [-0.25, -0.2) is 9.88 Å². The zero-order valence-corrected chi connectivity index (χ0v) is 15.3. The Morgan fingerprint density at radius 3 is 2.57 bits per heavy atom. The van der Waals surface area contributed by atoms with Gasteiger partial charge in [-0.05, 0) is 24.3 Å². The lowest BCUT2D eigenvalue weighted by atomic mass is 10.1. The van der Waals surface area contributed by atoms with Gasteiger partial charge < -0.3 is 14.4 Å². The number of carbonyl (C=O) groups is 2. The van der Waals surface area contributed by atoms with Crippen molar-refractivity contribution in [1.82, 2.24) is 9.88 Å². The van der Waals surface area contributed by atoms with Crippen LogP contribution in [0.5, 0.6) is 11.5 Å². The molecule has 0 N–H and O–H groups in total. The topological polar surface area (TPSA) is 75.2 Å². The van der Waals surface area contributed by atoms with Crippen molar-refractivity contribution in [3.63, 3.8) is 0 Å². The molecule has 2 fully saturated rings. The number of hydrogen-bond donors (Lipinski definition) is 0. The lowest BCUT2D eigenvalue weighted by Crippen LogP contribution is -2.52. The smallest absolute Gasteiger partial charge is 0.251 e. The monoisotopic (exact) mass is 380 g/mol. The molecule has 0 radical (unpaired) electrons. The molecule has 0 saturated carbocycles. The highest BCUT2D eigenvalue weighted by molar-refractivity contribution is 6.22. The summed E-state index contributed by atoms with van der Waals surface area (Å²) in [5.74, 6) is 1.78. The van der Waals surface area contributed by atoms with Crippen LogP contribution in [0, 0.1) is 0 Å². The fourth-order valence-corrected chi connectivity index (χ4v) is 4.00. The van der Waals surface area contributed by atoms with Crippen molar-refractivity contribution in [3.8, 4) is 11.5 Å². The summed E-state index contributed by atoms with van der Waals surface area (Å²) in [6, 6.07) is 10.6. The molecule has 144 valence electrons. The van der Waals surface area contributed by atoms with Crippen LogP contribution in [0.2, 0.25) is 0 Å². The molecule has 3 aliphatic heterocycles. The zero-order valence-electron chi connectivity index (χ0n) is 15.3. The number of rotatable bonds is 3. The standard InChI is InChI=1S/C20H20N4O4/c25-19-12-15(22-7-9-23(10-8-22)18-3-1-2-6-21-18)20(26)24(19)14-4-5-16-17(11-14)28-13-27-16/h1-6,11,15H,7-10,12-13H2/t15-/m0/s1. The van der Waals surface area contributed by atoms with E-state index in [1.807, 2.05) is 18.2 Å². The van der Waals surface area contributed by atoms with E-state index < -0.39 is 6.04 Å². The molecular weight excluding hydrogens is 360 g/mol. The largest absolute Gasteiger partial charge is 0.454 e. The maximum atomic E-state index is 13.0. The number of hydrogen-bond acceptors (Lipinski definition) is 7. The molecule has 4 heterocycles. The van der Waals surface area contributed by atoms with E-state index in [-0.39, 0.29) is 25.0 Å². The molecule has 5 rings (SSSR count). The molecule has 1 aromatic carbocycles. The third kappa shape index (κ3) is 2.86. The first-order valence-corrected chi connectivity index (χ1v) is 9.37. The third-order valence-electron chi connectivity index (χ3n) is 5.47. The lowest BCUT2D eigenvalue weighted by Gasteiger charge is -2.37. The lowest BCUT2D eigenvalue weighted by molar-refractivity contribution is -0.123. The molecule has 28 heavy (non-hydrogen) atoms. The average molecular weight is 380 g/mol. The fraction of sp³-hybridized carbons (Fsp3) is 0.350. The Labute approximate surface area is 162 Å². The summed E-state index contributed by atoms with van der Waals surface area (Å²) in [6.45, 7) is 3.15. The molecule has 0 unspecified atom stereocenters. The van der Waals surface area contributed by atoms with E-state index in [4.69, 9.17) is 9.47 Å². The van der Waals surface area contributed by atoms with Crippen molar-refractivity contribution in [1.29, 1.82) is 0 Å². The van der Waals surface area contributed by atoms with Gasteiger partial charge in [0.2, 0.25) is 12.7 Å². The first kappa shape index (κ1) is 17.0. The number of anilines is 2. The number of nitrogens with zero attached hydrogens (tertiary/aromatic N) is 4. The summed E-state index contributed by atoms with van der Waals surface area (Å²) >= 11 is 0. The minimum Gasteiger partial charge on any atom is -0.454 e. The van der Waals surface area contributed by atoms with Crippen LogP contribution in [0.3, 0.4) is 0 Å². The van der Waals surface area contributed by atoms with E-state index >= 15 is 0 Å². The first-order chi connectivity index (χ1) is 13.7. The van der Waals surface area contributed by atoms with Crippen LogP contribution < -0.4 is 19.3 Å². The number of carbonyl (C=O) groups excluding carboxylic acids is 2. The number of amides is 2. The Morgan fingerprint density at radius 1 is 0.964 bits per heavy atom. The number of benzene rings is 1. The predicted octanol–water partition coefficient (Wildman–Crippen LogP) is 1.26. The van der Waals surface area contributed by atoms with Crippen molar-refractivity contribution in [2.75, 3.05) is 42.8 Å². The van der Waals surface area contributed by atoms with Crippen LogP contribution in [0.15, 0.2) is 42.6 Å². The van der Waals surface area contributed by atoms with E-state index in [0.29, 0.717) is 17.2 Å². The van der Waals surface area contributed by atoms with Crippen LogP contribution in [0.4, 0.5) is 11.5 Å². The second-order valence-electron chi connectivity index (χ2n) is 7.04.